The zero-order chi connectivity index (χ0) is 13.4. The highest BCUT2D eigenvalue weighted by molar-refractivity contribution is 9.10. The largest absolute Gasteiger partial charge is 0.379 e. The van der Waals surface area contributed by atoms with Crippen molar-refractivity contribution in [2.24, 2.45) is 0 Å². The highest BCUT2D eigenvalue weighted by Crippen LogP contribution is 2.35. The summed E-state index contributed by atoms with van der Waals surface area (Å²) in [5.41, 5.74) is 3.64. The molecule has 0 aliphatic heterocycles. The Balaban J connectivity index is 1.82. The van der Waals surface area contributed by atoms with E-state index in [0.29, 0.717) is 16.1 Å². The standard InChI is InChI=1S/C15H12BrCl2N/c16-11-7-13(17)15(14(18)8-11)19-12-5-9-3-1-2-4-10(9)6-12/h1-4,7-8,12,19H,5-6H2. The molecule has 0 aromatic heterocycles. The van der Waals surface area contributed by atoms with E-state index in [1.54, 1.807) is 0 Å². The molecular formula is C15H12BrCl2N. The molecule has 0 heterocycles. The first-order valence-electron chi connectivity index (χ1n) is 6.11. The summed E-state index contributed by atoms with van der Waals surface area (Å²) in [6, 6.07) is 12.6. The summed E-state index contributed by atoms with van der Waals surface area (Å²) in [5.74, 6) is 0. The van der Waals surface area contributed by atoms with Crippen LogP contribution in [0.3, 0.4) is 0 Å². The minimum atomic E-state index is 0.355. The maximum atomic E-state index is 6.25. The molecule has 0 unspecified atom stereocenters. The van der Waals surface area contributed by atoms with E-state index in [2.05, 4.69) is 45.5 Å². The molecule has 0 fully saturated rings. The van der Waals surface area contributed by atoms with Crippen molar-refractivity contribution in [1.82, 2.24) is 0 Å². The maximum Gasteiger partial charge on any atom is 0.0722 e. The minimum absolute atomic E-state index is 0.355. The second kappa shape index (κ2) is 5.35. The molecule has 0 saturated carbocycles. The highest BCUT2D eigenvalue weighted by atomic mass is 79.9. The van der Waals surface area contributed by atoms with Crippen molar-refractivity contribution >= 4 is 44.8 Å². The average Bonchev–Trinajstić information content (AvgIpc) is 2.76. The number of halogens is 3. The topological polar surface area (TPSA) is 12.0 Å². The summed E-state index contributed by atoms with van der Waals surface area (Å²) in [4.78, 5) is 0. The fourth-order valence-corrected chi connectivity index (χ4v) is 3.86. The third kappa shape index (κ3) is 2.76. The Morgan fingerprint density at radius 1 is 1.00 bits per heavy atom. The fraction of sp³-hybridized carbons (Fsp3) is 0.200. The van der Waals surface area contributed by atoms with Gasteiger partial charge in [0, 0.05) is 10.5 Å². The molecule has 98 valence electrons. The molecule has 0 radical (unpaired) electrons. The van der Waals surface area contributed by atoms with E-state index in [1.165, 1.54) is 11.1 Å². The smallest absolute Gasteiger partial charge is 0.0722 e. The Bertz CT molecular complexity index is 579. The molecule has 0 saturated heterocycles. The van der Waals surface area contributed by atoms with Gasteiger partial charge >= 0.3 is 0 Å². The first-order chi connectivity index (χ1) is 9.13. The van der Waals surface area contributed by atoms with Crippen LogP contribution in [0.4, 0.5) is 5.69 Å². The lowest BCUT2D eigenvalue weighted by Gasteiger charge is -2.16. The molecule has 2 aromatic carbocycles. The predicted octanol–water partition coefficient (Wildman–Crippen LogP) is 5.34. The Morgan fingerprint density at radius 3 is 2.05 bits per heavy atom. The van der Waals surface area contributed by atoms with Crippen molar-refractivity contribution in [2.75, 3.05) is 5.32 Å². The van der Waals surface area contributed by atoms with E-state index in [0.717, 1.165) is 23.0 Å². The third-order valence-electron chi connectivity index (χ3n) is 3.41. The van der Waals surface area contributed by atoms with Crippen molar-refractivity contribution in [1.29, 1.82) is 0 Å². The zero-order valence-corrected chi connectivity index (χ0v) is 13.2. The van der Waals surface area contributed by atoms with Gasteiger partial charge in [-0.2, -0.15) is 0 Å². The van der Waals surface area contributed by atoms with Crippen LogP contribution in [0.15, 0.2) is 40.9 Å². The van der Waals surface area contributed by atoms with E-state index < -0.39 is 0 Å². The van der Waals surface area contributed by atoms with Gasteiger partial charge in [0.15, 0.2) is 0 Å². The molecule has 0 amide bonds. The van der Waals surface area contributed by atoms with E-state index >= 15 is 0 Å². The lowest BCUT2D eigenvalue weighted by molar-refractivity contribution is 0.774. The number of benzene rings is 2. The maximum absolute atomic E-state index is 6.25. The average molecular weight is 357 g/mol. The van der Waals surface area contributed by atoms with Crippen molar-refractivity contribution in [3.05, 3.63) is 62.0 Å². The Kier molecular flexibility index (Phi) is 3.75. The van der Waals surface area contributed by atoms with Crippen LogP contribution in [0, 0.1) is 0 Å². The number of fused-ring (bicyclic) bond motifs is 1. The van der Waals surface area contributed by atoms with Gasteiger partial charge in [0.1, 0.15) is 0 Å². The number of hydrogen-bond acceptors (Lipinski definition) is 1. The van der Waals surface area contributed by atoms with Gasteiger partial charge in [-0.1, -0.05) is 63.4 Å². The normalized spacial score (nSPS) is 14.5. The van der Waals surface area contributed by atoms with Crippen LogP contribution in [0.1, 0.15) is 11.1 Å². The Labute approximate surface area is 131 Å². The number of anilines is 1. The zero-order valence-electron chi connectivity index (χ0n) is 10.1. The summed E-state index contributed by atoms with van der Waals surface area (Å²) in [5, 5.41) is 4.76. The van der Waals surface area contributed by atoms with Crippen LogP contribution < -0.4 is 5.32 Å². The Morgan fingerprint density at radius 2 is 1.53 bits per heavy atom. The van der Waals surface area contributed by atoms with E-state index in [-0.39, 0.29) is 0 Å². The van der Waals surface area contributed by atoms with Gasteiger partial charge in [-0.3, -0.25) is 0 Å². The summed E-state index contributed by atoms with van der Waals surface area (Å²) in [6.45, 7) is 0. The highest BCUT2D eigenvalue weighted by Gasteiger charge is 2.22. The van der Waals surface area contributed by atoms with Crippen molar-refractivity contribution in [2.45, 2.75) is 18.9 Å². The van der Waals surface area contributed by atoms with Crippen molar-refractivity contribution in [3.63, 3.8) is 0 Å². The lowest BCUT2D eigenvalue weighted by Crippen LogP contribution is -2.19. The van der Waals surface area contributed by atoms with Crippen molar-refractivity contribution < 1.29 is 0 Å². The summed E-state index contributed by atoms with van der Waals surface area (Å²) < 4.78 is 0.891. The van der Waals surface area contributed by atoms with Gasteiger partial charge in [-0.05, 0) is 36.1 Å². The quantitative estimate of drug-likeness (QED) is 0.766. The second-order valence-corrected chi connectivity index (χ2v) is 6.49. The first kappa shape index (κ1) is 13.3. The van der Waals surface area contributed by atoms with Crippen LogP contribution in [0.5, 0.6) is 0 Å². The van der Waals surface area contributed by atoms with Gasteiger partial charge in [0.2, 0.25) is 0 Å². The Hall–Kier alpha value is -0.700. The molecular weight excluding hydrogens is 345 g/mol. The summed E-state index contributed by atoms with van der Waals surface area (Å²) in [7, 11) is 0. The molecule has 19 heavy (non-hydrogen) atoms. The molecule has 2 aromatic rings. The third-order valence-corrected chi connectivity index (χ3v) is 4.46. The molecule has 1 nitrogen and oxygen atoms in total. The molecule has 0 spiro atoms. The molecule has 1 N–H and O–H groups in total. The van der Waals surface area contributed by atoms with Gasteiger partial charge < -0.3 is 5.32 Å². The molecule has 1 aliphatic carbocycles. The lowest BCUT2D eigenvalue weighted by atomic mass is 10.1. The van der Waals surface area contributed by atoms with E-state index in [1.807, 2.05) is 12.1 Å². The van der Waals surface area contributed by atoms with E-state index in [4.69, 9.17) is 23.2 Å². The van der Waals surface area contributed by atoms with Gasteiger partial charge in [0.25, 0.3) is 0 Å². The van der Waals surface area contributed by atoms with Gasteiger partial charge in [0.05, 0.1) is 15.7 Å². The SMILES string of the molecule is Clc1cc(Br)cc(Cl)c1NC1Cc2ccccc2C1. The second-order valence-electron chi connectivity index (χ2n) is 4.76. The number of rotatable bonds is 2. The molecule has 0 atom stereocenters. The number of hydrogen-bond donors (Lipinski definition) is 1. The van der Waals surface area contributed by atoms with Crippen LogP contribution in [-0.2, 0) is 12.8 Å². The van der Waals surface area contributed by atoms with Gasteiger partial charge in [-0.25, -0.2) is 0 Å². The summed E-state index contributed by atoms with van der Waals surface area (Å²) in [6.07, 6.45) is 2.03. The summed E-state index contributed by atoms with van der Waals surface area (Å²) >= 11 is 15.9. The molecule has 0 bridgehead atoms. The fourth-order valence-electron chi connectivity index (χ4n) is 2.55. The molecule has 1 aliphatic rings. The monoisotopic (exact) mass is 355 g/mol. The van der Waals surface area contributed by atoms with Crippen LogP contribution in [0.2, 0.25) is 10.0 Å². The molecule has 3 rings (SSSR count). The van der Waals surface area contributed by atoms with E-state index in [9.17, 15) is 0 Å². The number of nitrogens with one attached hydrogen (secondary N) is 1. The van der Waals surface area contributed by atoms with Crippen LogP contribution in [0.25, 0.3) is 0 Å². The van der Waals surface area contributed by atoms with Crippen LogP contribution in [-0.4, -0.2) is 6.04 Å². The van der Waals surface area contributed by atoms with Crippen molar-refractivity contribution in [3.8, 4) is 0 Å². The van der Waals surface area contributed by atoms with Crippen LogP contribution >= 0.6 is 39.1 Å². The first-order valence-corrected chi connectivity index (χ1v) is 7.66. The predicted molar refractivity (Wildman–Crippen MR) is 85.4 cm³/mol. The minimum Gasteiger partial charge on any atom is -0.379 e. The molecule has 4 heteroatoms. The van der Waals surface area contributed by atoms with Gasteiger partial charge in [-0.15, -0.1) is 0 Å².